The number of nitro benzene ring substituents is 1. The first kappa shape index (κ1) is 20.7. The van der Waals surface area contributed by atoms with E-state index in [1.54, 1.807) is 6.07 Å². The molecule has 0 saturated heterocycles. The number of benzene rings is 1. The molecule has 29 heavy (non-hydrogen) atoms. The van der Waals surface area contributed by atoms with Crippen molar-refractivity contribution in [3.63, 3.8) is 0 Å². The van der Waals surface area contributed by atoms with E-state index in [1.807, 2.05) is 19.9 Å². The second-order valence-electron chi connectivity index (χ2n) is 7.85. The standard InChI is InChI=1S/C20H19N3O5S/c1-20(2)7-13-18(15(24)8-20)17(11-5-3-4-6-14(11)23(27)28)12(9-21)19(22-13)29-10-16(25)26/h3-6,17-18H,7-8,10H2,1-2H3,(H,25,26)/p-1/t17-,18?/m1/s1. The fourth-order valence-corrected chi connectivity index (χ4v) is 4.78. The predicted molar refractivity (Wildman–Crippen MR) is 105 cm³/mol. The quantitative estimate of drug-likeness (QED) is 0.535. The number of nitro groups is 1. The number of thioether (sulfide) groups is 1. The number of para-hydroxylation sites is 1. The summed E-state index contributed by atoms with van der Waals surface area (Å²) in [6, 6.07) is 8.04. The van der Waals surface area contributed by atoms with Crippen LogP contribution in [0.1, 0.15) is 38.2 Å². The lowest BCUT2D eigenvalue weighted by molar-refractivity contribution is -0.385. The van der Waals surface area contributed by atoms with Gasteiger partial charge in [0.1, 0.15) is 10.8 Å². The highest BCUT2D eigenvalue weighted by Gasteiger charge is 2.48. The maximum atomic E-state index is 13.0. The Labute approximate surface area is 171 Å². The number of ketones is 1. The maximum Gasteiger partial charge on any atom is 0.273 e. The van der Waals surface area contributed by atoms with Crippen LogP contribution in [-0.2, 0) is 9.59 Å². The molecule has 0 aromatic heterocycles. The molecule has 0 spiro atoms. The molecule has 2 atom stereocenters. The maximum absolute atomic E-state index is 13.0. The van der Waals surface area contributed by atoms with Crippen molar-refractivity contribution >= 4 is 34.9 Å². The molecule has 1 aliphatic carbocycles. The molecule has 1 aromatic carbocycles. The van der Waals surface area contributed by atoms with E-state index in [2.05, 4.69) is 4.99 Å². The van der Waals surface area contributed by atoms with Crippen LogP contribution in [-0.4, -0.2) is 28.1 Å². The van der Waals surface area contributed by atoms with E-state index in [1.165, 1.54) is 18.2 Å². The van der Waals surface area contributed by atoms with Crippen molar-refractivity contribution in [2.24, 2.45) is 16.3 Å². The van der Waals surface area contributed by atoms with E-state index in [0.717, 1.165) is 11.8 Å². The van der Waals surface area contributed by atoms with Crippen LogP contribution in [0.3, 0.4) is 0 Å². The molecule has 1 heterocycles. The van der Waals surface area contributed by atoms with E-state index < -0.39 is 28.5 Å². The summed E-state index contributed by atoms with van der Waals surface area (Å²) in [6.07, 6.45) is 0.753. The normalized spacial score (nSPS) is 23.1. The largest absolute Gasteiger partial charge is 0.549 e. The average Bonchev–Trinajstić information content (AvgIpc) is 2.64. The van der Waals surface area contributed by atoms with Gasteiger partial charge in [0.15, 0.2) is 0 Å². The van der Waals surface area contributed by atoms with E-state index in [-0.39, 0.29) is 39.5 Å². The number of carbonyl (C=O) groups excluding carboxylic acids is 2. The molecule has 1 fully saturated rings. The zero-order valence-electron chi connectivity index (χ0n) is 15.9. The van der Waals surface area contributed by atoms with Gasteiger partial charge < -0.3 is 9.90 Å². The van der Waals surface area contributed by atoms with Gasteiger partial charge in [-0.1, -0.05) is 43.8 Å². The minimum Gasteiger partial charge on any atom is -0.549 e. The monoisotopic (exact) mass is 412 g/mol. The van der Waals surface area contributed by atoms with Crippen molar-refractivity contribution in [2.75, 3.05) is 5.75 Å². The molecule has 8 nitrogen and oxygen atoms in total. The molecule has 1 aromatic rings. The fourth-order valence-electron chi connectivity index (χ4n) is 4.01. The summed E-state index contributed by atoms with van der Waals surface area (Å²) >= 11 is 0.834. The molecule has 0 radical (unpaired) electrons. The number of carbonyl (C=O) groups is 2. The van der Waals surface area contributed by atoms with E-state index in [9.17, 15) is 30.1 Å². The molecular formula is C20H18N3O5S-. The van der Waals surface area contributed by atoms with Crippen LogP contribution in [0.15, 0.2) is 39.9 Å². The number of nitriles is 1. The highest BCUT2D eigenvalue weighted by Crippen LogP contribution is 2.49. The molecular weight excluding hydrogens is 394 g/mol. The Kier molecular flexibility index (Phi) is 5.57. The highest BCUT2D eigenvalue weighted by atomic mass is 32.2. The third kappa shape index (κ3) is 4.07. The van der Waals surface area contributed by atoms with Crippen LogP contribution >= 0.6 is 11.8 Å². The number of allylic oxidation sites excluding steroid dienone is 1. The summed E-state index contributed by atoms with van der Waals surface area (Å²) < 4.78 is 0. The lowest BCUT2D eigenvalue weighted by Crippen LogP contribution is -2.43. The number of carboxylic acid groups (broad SMARTS) is 1. The van der Waals surface area contributed by atoms with Gasteiger partial charge in [-0.3, -0.25) is 14.9 Å². The molecule has 1 unspecified atom stereocenters. The Balaban J connectivity index is 2.22. The van der Waals surface area contributed by atoms with Crippen LogP contribution < -0.4 is 5.11 Å². The van der Waals surface area contributed by atoms with Gasteiger partial charge in [0.25, 0.3) is 5.69 Å². The van der Waals surface area contributed by atoms with Gasteiger partial charge in [-0.25, -0.2) is 4.99 Å². The Morgan fingerprint density at radius 1 is 1.34 bits per heavy atom. The number of aliphatic imine (C=N–C) groups is 1. The van der Waals surface area contributed by atoms with Gasteiger partial charge in [-0.2, -0.15) is 5.26 Å². The summed E-state index contributed by atoms with van der Waals surface area (Å²) in [5, 5.41) is 32.6. The Bertz CT molecular complexity index is 1010. The van der Waals surface area contributed by atoms with Crippen LogP contribution in [0, 0.1) is 32.8 Å². The number of hydrogen-bond donors (Lipinski definition) is 0. The molecule has 1 saturated carbocycles. The van der Waals surface area contributed by atoms with Crippen LogP contribution in [0.2, 0.25) is 0 Å². The van der Waals surface area contributed by atoms with Crippen molar-refractivity contribution in [3.8, 4) is 6.07 Å². The molecule has 3 rings (SSSR count). The van der Waals surface area contributed by atoms with Crippen molar-refractivity contribution in [1.29, 1.82) is 5.26 Å². The fraction of sp³-hybridized carbons (Fsp3) is 0.400. The second-order valence-corrected chi connectivity index (χ2v) is 8.81. The number of hydrogen-bond acceptors (Lipinski definition) is 8. The van der Waals surface area contributed by atoms with Crippen LogP contribution in [0.5, 0.6) is 0 Å². The number of Topliss-reactive ketones (excluding diaryl/α,β-unsaturated/α-hetero) is 1. The van der Waals surface area contributed by atoms with Gasteiger partial charge in [0, 0.05) is 35.4 Å². The summed E-state index contributed by atoms with van der Waals surface area (Å²) in [5.74, 6) is -3.50. The summed E-state index contributed by atoms with van der Waals surface area (Å²) in [5.41, 5.74) is 0.342. The minimum atomic E-state index is -1.32. The van der Waals surface area contributed by atoms with Gasteiger partial charge in [0.2, 0.25) is 0 Å². The Hall–Kier alpha value is -2.99. The first-order valence-corrected chi connectivity index (χ1v) is 9.93. The Morgan fingerprint density at radius 2 is 2.03 bits per heavy atom. The Morgan fingerprint density at radius 3 is 2.66 bits per heavy atom. The second kappa shape index (κ2) is 7.79. The van der Waals surface area contributed by atoms with Gasteiger partial charge >= 0.3 is 0 Å². The molecule has 0 amide bonds. The summed E-state index contributed by atoms with van der Waals surface area (Å²) in [7, 11) is 0. The molecule has 0 bridgehead atoms. The lowest BCUT2D eigenvalue weighted by Gasteiger charge is -2.40. The average molecular weight is 412 g/mol. The third-order valence-corrected chi connectivity index (χ3v) is 6.02. The van der Waals surface area contributed by atoms with Crippen LogP contribution in [0.25, 0.3) is 0 Å². The molecule has 0 N–H and O–H groups in total. The molecule has 9 heteroatoms. The number of aliphatic carboxylic acids is 1. The number of nitrogens with zero attached hydrogens (tertiary/aromatic N) is 3. The smallest absolute Gasteiger partial charge is 0.273 e. The first-order valence-electron chi connectivity index (χ1n) is 8.95. The lowest BCUT2D eigenvalue weighted by atomic mass is 9.64. The van der Waals surface area contributed by atoms with E-state index >= 15 is 0 Å². The van der Waals surface area contributed by atoms with E-state index in [0.29, 0.717) is 12.1 Å². The summed E-state index contributed by atoms with van der Waals surface area (Å²) in [4.78, 5) is 39.5. The number of rotatable bonds is 5. The third-order valence-electron chi connectivity index (χ3n) is 5.05. The molecule has 150 valence electrons. The van der Waals surface area contributed by atoms with Crippen molar-refractivity contribution in [1.82, 2.24) is 0 Å². The van der Waals surface area contributed by atoms with Crippen molar-refractivity contribution in [2.45, 2.75) is 32.6 Å². The zero-order valence-corrected chi connectivity index (χ0v) is 16.7. The summed E-state index contributed by atoms with van der Waals surface area (Å²) in [6.45, 7) is 3.86. The minimum absolute atomic E-state index is 0.0763. The number of carboxylic acids is 1. The van der Waals surface area contributed by atoms with Crippen LogP contribution in [0.4, 0.5) is 5.69 Å². The van der Waals surface area contributed by atoms with E-state index in [4.69, 9.17) is 0 Å². The first-order chi connectivity index (χ1) is 13.6. The number of fused-ring (bicyclic) bond motifs is 1. The van der Waals surface area contributed by atoms with Gasteiger partial charge in [-0.15, -0.1) is 0 Å². The zero-order chi connectivity index (χ0) is 21.3. The predicted octanol–water partition coefficient (Wildman–Crippen LogP) is 2.36. The SMILES string of the molecule is CC1(C)CC(=O)C2C(=NC(SCC(=O)[O-])=C(C#N)[C@H]2c2ccccc2[N+](=O)[O-])C1. The van der Waals surface area contributed by atoms with Crippen molar-refractivity contribution < 1.29 is 19.6 Å². The highest BCUT2D eigenvalue weighted by molar-refractivity contribution is 8.03. The topological polar surface area (TPSA) is 136 Å². The molecule has 2 aliphatic rings. The van der Waals surface area contributed by atoms with Crippen molar-refractivity contribution in [3.05, 3.63) is 50.5 Å². The van der Waals surface area contributed by atoms with Gasteiger partial charge in [0.05, 0.1) is 28.5 Å². The molecule has 1 aliphatic heterocycles. The van der Waals surface area contributed by atoms with Gasteiger partial charge in [-0.05, 0) is 11.8 Å².